The minimum atomic E-state index is -5.13. The van der Waals surface area contributed by atoms with Crippen LogP contribution in [-0.2, 0) is 24.4 Å². The summed E-state index contributed by atoms with van der Waals surface area (Å²) < 4.78 is 30.9. The van der Waals surface area contributed by atoms with E-state index in [0.717, 1.165) is 29.6 Å². The molecule has 0 radical (unpaired) electrons. The van der Waals surface area contributed by atoms with E-state index in [2.05, 4.69) is 14.2 Å². The molecule has 13 heteroatoms. The average Bonchev–Trinajstić information content (AvgIpc) is 3.05. The van der Waals surface area contributed by atoms with Gasteiger partial charge >= 0.3 is 15.6 Å². The zero-order chi connectivity index (χ0) is 21.2. The molecule has 6 N–H and O–H groups in total. The second-order valence-corrected chi connectivity index (χ2v) is 9.91. The minimum absolute atomic E-state index is 0. The van der Waals surface area contributed by atoms with Crippen LogP contribution in [0.2, 0.25) is 0 Å². The SMILES string of the molecule is Cc1cccc2c(=O)[nH]c(CCN3CCCC3COP(=O)(O)OP(=O)(O)O)cc12.O. The fourth-order valence-corrected chi connectivity index (χ4v) is 5.23. The molecule has 2 heterocycles. The Balaban J connectivity index is 0.00000320. The Bertz CT molecular complexity index is 1040. The van der Waals surface area contributed by atoms with Gasteiger partial charge in [-0.25, -0.2) is 9.13 Å². The predicted octanol–water partition coefficient (Wildman–Crippen LogP) is 1.25. The fraction of sp³-hybridized carbons (Fsp3) is 0.471. The molecule has 1 saturated heterocycles. The van der Waals surface area contributed by atoms with Crippen LogP contribution < -0.4 is 5.56 Å². The van der Waals surface area contributed by atoms with Gasteiger partial charge in [0.1, 0.15) is 0 Å². The summed E-state index contributed by atoms with van der Waals surface area (Å²) >= 11 is 0. The van der Waals surface area contributed by atoms with Crippen molar-refractivity contribution in [3.63, 3.8) is 0 Å². The van der Waals surface area contributed by atoms with Crippen LogP contribution in [0.1, 0.15) is 24.1 Å². The summed E-state index contributed by atoms with van der Waals surface area (Å²) in [5.41, 5.74) is 1.67. The molecule has 0 spiro atoms. The summed E-state index contributed by atoms with van der Waals surface area (Å²) in [6.45, 7) is 3.10. The maximum atomic E-state index is 12.3. The molecule has 2 aromatic rings. The van der Waals surface area contributed by atoms with E-state index in [0.29, 0.717) is 24.8 Å². The zero-order valence-corrected chi connectivity index (χ0v) is 18.1. The van der Waals surface area contributed by atoms with Gasteiger partial charge < -0.3 is 25.1 Å². The Labute approximate surface area is 172 Å². The number of hydrogen-bond donors (Lipinski definition) is 4. The number of hydrogen-bond acceptors (Lipinski definition) is 6. The van der Waals surface area contributed by atoms with Crippen molar-refractivity contribution in [3.8, 4) is 0 Å². The lowest BCUT2D eigenvalue weighted by atomic mass is 10.1. The van der Waals surface area contributed by atoms with Crippen LogP contribution in [-0.4, -0.2) is 55.8 Å². The second kappa shape index (κ2) is 9.82. The Morgan fingerprint density at radius 3 is 2.67 bits per heavy atom. The molecule has 0 bridgehead atoms. The van der Waals surface area contributed by atoms with Crippen molar-refractivity contribution in [2.75, 3.05) is 19.7 Å². The van der Waals surface area contributed by atoms with E-state index in [-0.39, 0.29) is 23.7 Å². The highest BCUT2D eigenvalue weighted by Crippen LogP contribution is 2.57. The first-order chi connectivity index (χ1) is 13.5. The number of nitrogens with one attached hydrogen (secondary N) is 1. The number of likely N-dealkylation sites (tertiary alicyclic amines) is 1. The van der Waals surface area contributed by atoms with Gasteiger partial charge in [0.15, 0.2) is 0 Å². The third-order valence-electron chi connectivity index (χ3n) is 4.97. The van der Waals surface area contributed by atoms with Crippen LogP contribution >= 0.6 is 15.6 Å². The van der Waals surface area contributed by atoms with Crippen molar-refractivity contribution in [1.29, 1.82) is 0 Å². The van der Waals surface area contributed by atoms with Gasteiger partial charge in [-0.15, -0.1) is 0 Å². The number of fused-ring (bicyclic) bond motifs is 1. The van der Waals surface area contributed by atoms with E-state index < -0.39 is 15.6 Å². The van der Waals surface area contributed by atoms with Crippen LogP contribution in [0.15, 0.2) is 29.1 Å². The van der Waals surface area contributed by atoms with Crippen molar-refractivity contribution in [3.05, 3.63) is 45.9 Å². The topological polar surface area (TPSA) is 181 Å². The van der Waals surface area contributed by atoms with Gasteiger partial charge in [-0.2, -0.15) is 4.31 Å². The highest BCUT2D eigenvalue weighted by atomic mass is 31.3. The van der Waals surface area contributed by atoms with E-state index in [1.54, 1.807) is 6.07 Å². The lowest BCUT2D eigenvalue weighted by molar-refractivity contribution is 0.130. The molecule has 3 rings (SSSR count). The number of nitrogens with zero attached hydrogens (tertiary/aromatic N) is 1. The zero-order valence-electron chi connectivity index (χ0n) is 16.4. The quantitative estimate of drug-likeness (QED) is 0.418. The predicted molar refractivity (Wildman–Crippen MR) is 110 cm³/mol. The maximum Gasteiger partial charge on any atom is 0.481 e. The molecule has 1 fully saturated rings. The number of benzene rings is 1. The number of phosphoric ester groups is 1. The van der Waals surface area contributed by atoms with Crippen molar-refractivity contribution < 1.29 is 38.1 Å². The van der Waals surface area contributed by atoms with Gasteiger partial charge in [0.2, 0.25) is 0 Å². The summed E-state index contributed by atoms with van der Waals surface area (Å²) in [6.07, 6.45) is 2.14. The molecule has 1 aromatic carbocycles. The second-order valence-electron chi connectivity index (χ2n) is 7.08. The standard InChI is InChI=1S/C17H24N2O8P2.H2O/c1-12-4-2-6-15-16(12)10-13(18-17(15)20)7-9-19-8-3-5-14(19)11-26-29(24,25)27-28(21,22)23;/h2,4,6,10,14H,3,5,7-9,11H2,1H3,(H,18,20)(H,24,25)(H2,21,22,23);1H2. The van der Waals surface area contributed by atoms with E-state index in [1.165, 1.54) is 0 Å². The Morgan fingerprint density at radius 2 is 1.97 bits per heavy atom. The molecular weight excluding hydrogens is 438 g/mol. The largest absolute Gasteiger partial charge is 0.481 e. The van der Waals surface area contributed by atoms with Crippen molar-refractivity contribution in [2.45, 2.75) is 32.2 Å². The van der Waals surface area contributed by atoms with E-state index in [9.17, 15) is 18.8 Å². The molecule has 0 saturated carbocycles. The number of pyridine rings is 1. The van der Waals surface area contributed by atoms with Crippen LogP contribution in [0.5, 0.6) is 0 Å². The van der Waals surface area contributed by atoms with E-state index in [1.807, 2.05) is 25.1 Å². The molecule has 0 amide bonds. The highest BCUT2D eigenvalue weighted by molar-refractivity contribution is 7.60. The number of aromatic nitrogens is 1. The Kier molecular flexibility index (Phi) is 8.15. The molecule has 2 unspecified atom stereocenters. The fourth-order valence-electron chi connectivity index (χ4n) is 3.61. The first-order valence-electron chi connectivity index (χ1n) is 9.14. The molecule has 2 atom stereocenters. The molecule has 1 aromatic heterocycles. The Morgan fingerprint density at radius 1 is 1.23 bits per heavy atom. The molecule has 30 heavy (non-hydrogen) atoms. The third kappa shape index (κ3) is 6.55. The molecule has 0 aliphatic carbocycles. The Hall–Kier alpha value is -1.39. The van der Waals surface area contributed by atoms with Gasteiger partial charge in [0.25, 0.3) is 5.56 Å². The molecule has 1 aliphatic rings. The summed E-state index contributed by atoms with van der Waals surface area (Å²) in [6, 6.07) is 7.35. The van der Waals surface area contributed by atoms with Crippen LogP contribution in [0.25, 0.3) is 10.8 Å². The number of aryl methyl sites for hydroxylation is 1. The molecule has 1 aliphatic heterocycles. The number of phosphoric acid groups is 2. The summed E-state index contributed by atoms with van der Waals surface area (Å²) in [7, 11) is -9.98. The normalized spacial score (nSPS) is 19.5. The van der Waals surface area contributed by atoms with Crippen LogP contribution in [0.4, 0.5) is 0 Å². The van der Waals surface area contributed by atoms with Crippen LogP contribution in [0, 0.1) is 6.92 Å². The first-order valence-corrected chi connectivity index (χ1v) is 12.2. The molecule has 11 nitrogen and oxygen atoms in total. The van der Waals surface area contributed by atoms with Gasteiger partial charge in [0.05, 0.1) is 6.61 Å². The van der Waals surface area contributed by atoms with Gasteiger partial charge in [-0.3, -0.25) is 14.2 Å². The lowest BCUT2D eigenvalue weighted by Gasteiger charge is -2.25. The smallest absolute Gasteiger partial charge is 0.412 e. The number of aromatic amines is 1. The van der Waals surface area contributed by atoms with Crippen LogP contribution in [0.3, 0.4) is 0 Å². The first kappa shape index (κ1) is 24.9. The van der Waals surface area contributed by atoms with Gasteiger partial charge in [0, 0.05) is 30.1 Å². The van der Waals surface area contributed by atoms with Gasteiger partial charge in [-0.1, -0.05) is 12.1 Å². The van der Waals surface area contributed by atoms with E-state index >= 15 is 0 Å². The lowest BCUT2D eigenvalue weighted by Crippen LogP contribution is -2.34. The number of H-pyrrole nitrogens is 1. The third-order valence-corrected chi connectivity index (χ3v) is 7.12. The average molecular weight is 464 g/mol. The maximum absolute atomic E-state index is 12.3. The van der Waals surface area contributed by atoms with Gasteiger partial charge in [-0.05, 0) is 49.4 Å². The summed E-state index contributed by atoms with van der Waals surface area (Å²) in [4.78, 5) is 44.0. The van der Waals surface area contributed by atoms with Crippen molar-refractivity contribution in [1.82, 2.24) is 9.88 Å². The molecule has 168 valence electrons. The molecular formula is C17H26N2O9P2. The van der Waals surface area contributed by atoms with Crippen molar-refractivity contribution >= 4 is 26.4 Å². The summed E-state index contributed by atoms with van der Waals surface area (Å²) in [5, 5.41) is 1.55. The number of rotatable bonds is 8. The van der Waals surface area contributed by atoms with Crippen molar-refractivity contribution in [2.24, 2.45) is 0 Å². The summed E-state index contributed by atoms with van der Waals surface area (Å²) in [5.74, 6) is 0. The minimum Gasteiger partial charge on any atom is -0.412 e. The highest BCUT2D eigenvalue weighted by Gasteiger charge is 2.34. The monoisotopic (exact) mass is 464 g/mol. The van der Waals surface area contributed by atoms with E-state index in [4.69, 9.17) is 14.3 Å².